The van der Waals surface area contributed by atoms with Crippen LogP contribution in [0.2, 0.25) is 0 Å². The summed E-state index contributed by atoms with van der Waals surface area (Å²) in [4.78, 5) is 38.1. The molecule has 0 heterocycles. The van der Waals surface area contributed by atoms with E-state index in [2.05, 4.69) is 154 Å². The van der Waals surface area contributed by atoms with Crippen LogP contribution in [0.5, 0.6) is 0 Å². The Hall–Kier alpha value is -4.71. The highest BCUT2D eigenvalue weighted by molar-refractivity contribution is 5.72. The van der Waals surface area contributed by atoms with Crippen molar-refractivity contribution in [2.75, 3.05) is 13.2 Å². The molecule has 1 atom stereocenters. The minimum Gasteiger partial charge on any atom is -0.462 e. The molecule has 1 unspecified atom stereocenters. The summed E-state index contributed by atoms with van der Waals surface area (Å²) < 4.78 is 16.7. The largest absolute Gasteiger partial charge is 0.462 e. The van der Waals surface area contributed by atoms with Crippen LogP contribution in [0.25, 0.3) is 0 Å². The Bertz CT molecular complexity index is 1730. The van der Waals surface area contributed by atoms with Gasteiger partial charge in [-0.3, -0.25) is 14.4 Å². The number of rotatable bonds is 57. The monoisotopic (exact) mass is 1090 g/mol. The minimum absolute atomic E-state index is 0.0918. The number of carbonyl (C=O) groups is 3. The SMILES string of the molecule is CC/C=C\C/C=C\C/C=C\C/C=C\C/C=C\C/C=C\CCCCCCCCCCCCCCCCCCC(=O)OCC(COC(=O)CCCCCCC/C=C\CCCC)OC(=O)C/C=C\C/C=C\C/C=C\C/C=C\C/C=C\CC. The van der Waals surface area contributed by atoms with Gasteiger partial charge >= 0.3 is 17.9 Å². The zero-order valence-electron chi connectivity index (χ0n) is 51.1. The third kappa shape index (κ3) is 64.0. The summed E-state index contributed by atoms with van der Waals surface area (Å²) in [5.41, 5.74) is 0. The topological polar surface area (TPSA) is 78.9 Å². The maximum Gasteiger partial charge on any atom is 0.310 e. The Labute approximate surface area is 487 Å². The van der Waals surface area contributed by atoms with Crippen LogP contribution in [0.1, 0.15) is 278 Å². The summed E-state index contributed by atoms with van der Waals surface area (Å²) in [7, 11) is 0. The molecular weight excluding hydrogens is 973 g/mol. The summed E-state index contributed by atoms with van der Waals surface area (Å²) in [6.07, 6.45) is 94.8. The lowest BCUT2D eigenvalue weighted by Gasteiger charge is -2.18. The molecule has 0 bridgehead atoms. The van der Waals surface area contributed by atoms with E-state index in [1.807, 2.05) is 6.08 Å². The predicted molar refractivity (Wildman–Crippen MR) is 343 cm³/mol. The molecule has 0 N–H and O–H groups in total. The van der Waals surface area contributed by atoms with Crippen LogP contribution in [0, 0.1) is 0 Å². The first-order valence-electron chi connectivity index (χ1n) is 32.3. The summed E-state index contributed by atoms with van der Waals surface area (Å²) in [5, 5.41) is 0. The molecule has 0 spiro atoms. The molecule has 0 aromatic heterocycles. The molecule has 79 heavy (non-hydrogen) atoms. The Morgan fingerprint density at radius 2 is 0.532 bits per heavy atom. The molecule has 0 amide bonds. The molecule has 0 rings (SSSR count). The van der Waals surface area contributed by atoms with Gasteiger partial charge in [0.2, 0.25) is 0 Å². The molecule has 0 radical (unpaired) electrons. The average molecular weight is 1090 g/mol. The van der Waals surface area contributed by atoms with Gasteiger partial charge in [-0.15, -0.1) is 0 Å². The van der Waals surface area contributed by atoms with Crippen molar-refractivity contribution in [1.29, 1.82) is 0 Å². The molecule has 0 aliphatic carbocycles. The van der Waals surface area contributed by atoms with Crippen molar-refractivity contribution in [3.05, 3.63) is 146 Å². The first-order chi connectivity index (χ1) is 39.0. The van der Waals surface area contributed by atoms with Gasteiger partial charge in [0.05, 0.1) is 6.42 Å². The quantitative estimate of drug-likeness (QED) is 0.0261. The second kappa shape index (κ2) is 65.8. The first-order valence-corrected chi connectivity index (χ1v) is 32.3. The number of hydrogen-bond acceptors (Lipinski definition) is 6. The molecule has 0 fully saturated rings. The average Bonchev–Trinajstić information content (AvgIpc) is 3.45. The van der Waals surface area contributed by atoms with Crippen LogP contribution in [-0.2, 0) is 28.6 Å². The van der Waals surface area contributed by atoms with Gasteiger partial charge in [0.1, 0.15) is 13.2 Å². The lowest BCUT2D eigenvalue weighted by molar-refractivity contribution is -0.166. The van der Waals surface area contributed by atoms with E-state index >= 15 is 0 Å². The summed E-state index contributed by atoms with van der Waals surface area (Å²) >= 11 is 0. The van der Waals surface area contributed by atoms with E-state index < -0.39 is 12.1 Å². The van der Waals surface area contributed by atoms with Gasteiger partial charge in [0.15, 0.2) is 6.10 Å². The molecular formula is C73H118O6. The normalized spacial score (nSPS) is 13.1. The van der Waals surface area contributed by atoms with Crippen LogP contribution >= 0.6 is 0 Å². The van der Waals surface area contributed by atoms with Crippen LogP contribution in [0.3, 0.4) is 0 Å². The summed E-state index contributed by atoms with van der Waals surface area (Å²) in [6, 6.07) is 0. The van der Waals surface area contributed by atoms with Gasteiger partial charge in [-0.2, -0.15) is 0 Å². The van der Waals surface area contributed by atoms with E-state index in [4.69, 9.17) is 14.2 Å². The highest BCUT2D eigenvalue weighted by Gasteiger charge is 2.19. The summed E-state index contributed by atoms with van der Waals surface area (Å²) in [5.74, 6) is -1.06. The van der Waals surface area contributed by atoms with Gasteiger partial charge in [-0.25, -0.2) is 0 Å². The van der Waals surface area contributed by atoms with Gasteiger partial charge in [0.25, 0.3) is 0 Å². The number of unbranched alkanes of at least 4 members (excludes halogenated alkanes) is 23. The Balaban J connectivity index is 4.18. The third-order valence-corrected chi connectivity index (χ3v) is 13.3. The van der Waals surface area contributed by atoms with Crippen molar-refractivity contribution >= 4 is 17.9 Å². The van der Waals surface area contributed by atoms with E-state index in [0.717, 1.165) is 116 Å². The van der Waals surface area contributed by atoms with Crippen molar-refractivity contribution in [2.24, 2.45) is 0 Å². The summed E-state index contributed by atoms with van der Waals surface area (Å²) in [6.45, 7) is 6.28. The Morgan fingerprint density at radius 3 is 0.848 bits per heavy atom. The van der Waals surface area contributed by atoms with Crippen LogP contribution in [-0.4, -0.2) is 37.2 Å². The number of hydrogen-bond donors (Lipinski definition) is 0. The van der Waals surface area contributed by atoms with Gasteiger partial charge in [-0.05, 0) is 116 Å². The molecule has 0 aliphatic rings. The number of esters is 3. The molecule has 6 nitrogen and oxygen atoms in total. The van der Waals surface area contributed by atoms with Crippen LogP contribution in [0.4, 0.5) is 0 Å². The number of ether oxygens (including phenoxy) is 3. The van der Waals surface area contributed by atoms with E-state index in [9.17, 15) is 14.4 Å². The fourth-order valence-electron chi connectivity index (χ4n) is 8.56. The van der Waals surface area contributed by atoms with Gasteiger partial charge in [0, 0.05) is 12.8 Å². The van der Waals surface area contributed by atoms with Crippen molar-refractivity contribution < 1.29 is 28.6 Å². The third-order valence-electron chi connectivity index (χ3n) is 13.3. The molecule has 446 valence electrons. The van der Waals surface area contributed by atoms with E-state index in [1.54, 1.807) is 6.08 Å². The zero-order chi connectivity index (χ0) is 57.1. The predicted octanol–water partition coefficient (Wildman–Crippen LogP) is 22.3. The van der Waals surface area contributed by atoms with E-state index in [-0.39, 0.29) is 31.6 Å². The molecule has 0 saturated carbocycles. The Kier molecular flexibility index (Phi) is 61.9. The molecule has 0 aromatic rings. The van der Waals surface area contributed by atoms with Crippen molar-refractivity contribution in [1.82, 2.24) is 0 Å². The number of allylic oxidation sites excluding steroid dienone is 23. The highest BCUT2D eigenvalue weighted by Crippen LogP contribution is 2.16. The molecule has 0 aliphatic heterocycles. The Morgan fingerprint density at radius 1 is 0.278 bits per heavy atom. The van der Waals surface area contributed by atoms with Crippen molar-refractivity contribution in [2.45, 2.75) is 284 Å². The van der Waals surface area contributed by atoms with Crippen LogP contribution < -0.4 is 0 Å². The fraction of sp³-hybridized carbons (Fsp3) is 0.630. The first kappa shape index (κ1) is 74.3. The maximum absolute atomic E-state index is 12.8. The smallest absolute Gasteiger partial charge is 0.310 e. The van der Waals surface area contributed by atoms with Gasteiger partial charge in [-0.1, -0.05) is 289 Å². The van der Waals surface area contributed by atoms with Crippen molar-refractivity contribution in [3.8, 4) is 0 Å². The fourth-order valence-corrected chi connectivity index (χ4v) is 8.56. The maximum atomic E-state index is 12.8. The van der Waals surface area contributed by atoms with E-state index in [1.165, 1.54) is 116 Å². The lowest BCUT2D eigenvalue weighted by atomic mass is 10.0. The molecule has 0 saturated heterocycles. The number of carbonyl (C=O) groups excluding carboxylic acids is 3. The zero-order valence-corrected chi connectivity index (χ0v) is 51.1. The second-order valence-corrected chi connectivity index (χ2v) is 20.9. The molecule has 0 aromatic carbocycles. The van der Waals surface area contributed by atoms with Gasteiger partial charge < -0.3 is 14.2 Å². The standard InChI is InChI=1S/C73H118O6/c1-4-7-10-13-16-19-22-24-26-27-28-29-30-31-32-33-34-35-36-37-38-39-40-41-42-43-44-45-47-48-51-54-57-60-63-66-72(75)78-69-70(68-77-71(74)65-62-59-56-53-50-21-18-15-12-9-6-3)79-73(76)67-64-61-58-55-52-49-46-25-23-20-17-14-11-8-5-2/h7-8,10-11,15-20,24-26,28-29,31-32,34-35,46,52,55,61,64,70H,4-6,9,12-14,21-23,27,30,33,36-45,47-51,53-54,56-60,62-63,65-69H2,1-3H3/b10-7-,11-8-,18-15-,19-16-,20-17-,26-24-,29-28-,32-31-,35-34-,46-25-,55-52-,64-61-. The highest BCUT2D eigenvalue weighted by atomic mass is 16.6. The minimum atomic E-state index is -0.839. The van der Waals surface area contributed by atoms with Crippen molar-refractivity contribution in [3.63, 3.8) is 0 Å². The van der Waals surface area contributed by atoms with Crippen LogP contribution in [0.15, 0.2) is 146 Å². The lowest BCUT2D eigenvalue weighted by Crippen LogP contribution is -2.30. The second-order valence-electron chi connectivity index (χ2n) is 20.9. The van der Waals surface area contributed by atoms with E-state index in [0.29, 0.717) is 19.3 Å². The molecule has 6 heteroatoms.